The number of ether oxygens (including phenoxy) is 2. The summed E-state index contributed by atoms with van der Waals surface area (Å²) in [5, 5.41) is 3.91. The van der Waals surface area contributed by atoms with Gasteiger partial charge in [0.2, 0.25) is 0 Å². The van der Waals surface area contributed by atoms with E-state index in [0.29, 0.717) is 12.0 Å². The maximum atomic E-state index is 6.33. The summed E-state index contributed by atoms with van der Waals surface area (Å²) < 4.78 is 12.4. The van der Waals surface area contributed by atoms with Crippen molar-refractivity contribution in [2.45, 2.75) is 37.8 Å². The van der Waals surface area contributed by atoms with Gasteiger partial charge >= 0.3 is 0 Å². The van der Waals surface area contributed by atoms with Crippen molar-refractivity contribution in [2.75, 3.05) is 23.4 Å². The highest BCUT2D eigenvalue weighted by atomic mass is 32.2. The van der Waals surface area contributed by atoms with Crippen LogP contribution >= 0.6 is 11.8 Å². The third-order valence-electron chi connectivity index (χ3n) is 6.23. The van der Waals surface area contributed by atoms with E-state index < -0.39 is 0 Å². The summed E-state index contributed by atoms with van der Waals surface area (Å²) in [5.41, 5.74) is 2.51. The molecule has 0 aliphatic carbocycles. The Labute approximate surface area is 165 Å². The molecule has 2 aromatic carbocycles. The summed E-state index contributed by atoms with van der Waals surface area (Å²) in [6, 6.07) is 17.0. The van der Waals surface area contributed by atoms with Crippen molar-refractivity contribution in [2.24, 2.45) is 11.8 Å². The molecule has 0 bridgehead atoms. The Morgan fingerprint density at radius 3 is 2.67 bits per heavy atom. The second kappa shape index (κ2) is 7.76. The van der Waals surface area contributed by atoms with Crippen LogP contribution in [0.3, 0.4) is 0 Å². The fourth-order valence-electron chi connectivity index (χ4n) is 4.92. The molecule has 1 N–H and O–H groups in total. The number of hydrogen-bond acceptors (Lipinski definition) is 4. The maximum Gasteiger partial charge on any atom is 0.127 e. The topological polar surface area (TPSA) is 30.5 Å². The summed E-state index contributed by atoms with van der Waals surface area (Å²) >= 11 is 2.10. The summed E-state index contributed by atoms with van der Waals surface area (Å²) in [7, 11) is 0. The zero-order valence-electron chi connectivity index (χ0n) is 15.6. The summed E-state index contributed by atoms with van der Waals surface area (Å²) in [6.45, 7) is 0.873. The normalized spacial score (nSPS) is 27.9. The van der Waals surface area contributed by atoms with Gasteiger partial charge in [-0.2, -0.15) is 11.8 Å². The van der Waals surface area contributed by atoms with E-state index in [1.165, 1.54) is 48.4 Å². The van der Waals surface area contributed by atoms with Crippen molar-refractivity contribution in [3.63, 3.8) is 0 Å². The molecule has 3 heterocycles. The molecule has 0 spiro atoms. The Hall–Kier alpha value is -1.65. The van der Waals surface area contributed by atoms with Crippen LogP contribution < -0.4 is 10.1 Å². The van der Waals surface area contributed by atoms with Crippen LogP contribution in [0.1, 0.15) is 37.4 Å². The first-order chi connectivity index (χ1) is 13.4. The smallest absolute Gasteiger partial charge is 0.127 e. The summed E-state index contributed by atoms with van der Waals surface area (Å²) in [5.74, 6) is 5.72. The Kier molecular flexibility index (Phi) is 5.02. The van der Waals surface area contributed by atoms with E-state index in [0.717, 1.165) is 24.0 Å². The van der Waals surface area contributed by atoms with Gasteiger partial charge in [0, 0.05) is 29.8 Å². The lowest BCUT2D eigenvalue weighted by Gasteiger charge is -2.47. The second-order valence-electron chi connectivity index (χ2n) is 7.88. The molecule has 5 rings (SSSR count). The Morgan fingerprint density at radius 2 is 1.81 bits per heavy atom. The molecule has 3 atom stereocenters. The standard InChI is InChI=1S/C23H27NO2S/c1-2-5-17(6-3-1)26-18-8-9-21-20(15-18)23-19(7-4-12-25-23)22(24-21)16-10-13-27-14-11-16/h1-3,5-6,8-9,15-16,19,22-24H,4,7,10-14H2/t19-,22+,23-/m0/s1. The van der Waals surface area contributed by atoms with Crippen LogP contribution in [0.2, 0.25) is 0 Å². The van der Waals surface area contributed by atoms with Gasteiger partial charge < -0.3 is 14.8 Å². The number of para-hydroxylation sites is 1. The highest BCUT2D eigenvalue weighted by molar-refractivity contribution is 7.99. The largest absolute Gasteiger partial charge is 0.457 e. The fraction of sp³-hybridized carbons (Fsp3) is 0.478. The molecule has 0 saturated carbocycles. The minimum Gasteiger partial charge on any atom is -0.457 e. The van der Waals surface area contributed by atoms with Crippen molar-refractivity contribution < 1.29 is 9.47 Å². The SMILES string of the molecule is c1ccc(Oc2ccc3c(c2)[C@H]2OCCC[C@H]2[C@@H](C2CCSCC2)N3)cc1. The number of anilines is 1. The molecular formula is C23H27NO2S. The predicted molar refractivity (Wildman–Crippen MR) is 112 cm³/mol. The molecule has 3 aliphatic rings. The molecule has 2 saturated heterocycles. The lowest BCUT2D eigenvalue weighted by atomic mass is 9.74. The van der Waals surface area contributed by atoms with Gasteiger partial charge in [-0.1, -0.05) is 18.2 Å². The second-order valence-corrected chi connectivity index (χ2v) is 9.11. The van der Waals surface area contributed by atoms with Gasteiger partial charge in [0.1, 0.15) is 11.5 Å². The first-order valence-electron chi connectivity index (χ1n) is 10.2. The first kappa shape index (κ1) is 17.4. The van der Waals surface area contributed by atoms with Crippen LogP contribution in [0, 0.1) is 11.8 Å². The Balaban J connectivity index is 1.44. The Morgan fingerprint density at radius 1 is 0.963 bits per heavy atom. The number of rotatable bonds is 3. The quantitative estimate of drug-likeness (QED) is 0.719. The van der Waals surface area contributed by atoms with Crippen LogP contribution in [0.4, 0.5) is 5.69 Å². The van der Waals surface area contributed by atoms with E-state index in [1.54, 1.807) is 0 Å². The average Bonchev–Trinajstić information content (AvgIpc) is 2.75. The third kappa shape index (κ3) is 3.57. The number of fused-ring (bicyclic) bond motifs is 3. The summed E-state index contributed by atoms with van der Waals surface area (Å²) in [4.78, 5) is 0. The molecule has 0 amide bonds. The molecule has 2 aromatic rings. The molecule has 0 radical (unpaired) electrons. The van der Waals surface area contributed by atoms with E-state index in [2.05, 4.69) is 35.3 Å². The molecule has 0 aromatic heterocycles. The van der Waals surface area contributed by atoms with Gasteiger partial charge in [-0.15, -0.1) is 0 Å². The minimum absolute atomic E-state index is 0.203. The number of thioether (sulfide) groups is 1. The maximum absolute atomic E-state index is 6.33. The molecule has 3 aliphatic heterocycles. The van der Waals surface area contributed by atoms with Crippen molar-refractivity contribution in [1.82, 2.24) is 0 Å². The van der Waals surface area contributed by atoms with Gasteiger partial charge in [-0.05, 0) is 73.4 Å². The molecule has 0 unspecified atom stereocenters. The zero-order chi connectivity index (χ0) is 18.1. The molecule has 4 heteroatoms. The van der Waals surface area contributed by atoms with E-state index in [9.17, 15) is 0 Å². The highest BCUT2D eigenvalue weighted by Gasteiger charge is 2.42. The van der Waals surface area contributed by atoms with Gasteiger partial charge in [0.15, 0.2) is 0 Å². The fourth-order valence-corrected chi connectivity index (χ4v) is 6.06. The lowest BCUT2D eigenvalue weighted by Crippen LogP contribution is -2.46. The van der Waals surface area contributed by atoms with Crippen LogP contribution in [0.25, 0.3) is 0 Å². The van der Waals surface area contributed by atoms with Crippen LogP contribution in [0.5, 0.6) is 11.5 Å². The lowest BCUT2D eigenvalue weighted by molar-refractivity contribution is -0.0444. The zero-order valence-corrected chi connectivity index (χ0v) is 16.4. The van der Waals surface area contributed by atoms with Crippen molar-refractivity contribution in [3.05, 3.63) is 54.1 Å². The van der Waals surface area contributed by atoms with E-state index in [1.807, 2.05) is 30.3 Å². The molecule has 142 valence electrons. The first-order valence-corrected chi connectivity index (χ1v) is 11.4. The van der Waals surface area contributed by atoms with Crippen molar-refractivity contribution in [1.29, 1.82) is 0 Å². The van der Waals surface area contributed by atoms with Crippen molar-refractivity contribution >= 4 is 17.4 Å². The van der Waals surface area contributed by atoms with E-state index >= 15 is 0 Å². The number of benzene rings is 2. The van der Waals surface area contributed by atoms with Crippen LogP contribution in [-0.4, -0.2) is 24.2 Å². The predicted octanol–water partition coefficient (Wildman–Crippen LogP) is 5.88. The molecule has 2 fully saturated rings. The molecule has 27 heavy (non-hydrogen) atoms. The van der Waals surface area contributed by atoms with Gasteiger partial charge in [-0.3, -0.25) is 0 Å². The van der Waals surface area contributed by atoms with Gasteiger partial charge in [0.25, 0.3) is 0 Å². The number of hydrogen-bond donors (Lipinski definition) is 1. The van der Waals surface area contributed by atoms with Gasteiger partial charge in [-0.25, -0.2) is 0 Å². The minimum atomic E-state index is 0.203. The monoisotopic (exact) mass is 381 g/mol. The van der Waals surface area contributed by atoms with E-state index in [4.69, 9.17) is 9.47 Å². The van der Waals surface area contributed by atoms with Crippen molar-refractivity contribution in [3.8, 4) is 11.5 Å². The van der Waals surface area contributed by atoms with E-state index in [-0.39, 0.29) is 6.10 Å². The summed E-state index contributed by atoms with van der Waals surface area (Å²) in [6.07, 6.45) is 5.30. The third-order valence-corrected chi connectivity index (χ3v) is 7.28. The van der Waals surface area contributed by atoms with Crippen LogP contribution in [-0.2, 0) is 4.74 Å². The van der Waals surface area contributed by atoms with Crippen LogP contribution in [0.15, 0.2) is 48.5 Å². The highest BCUT2D eigenvalue weighted by Crippen LogP contribution is 2.48. The van der Waals surface area contributed by atoms with Gasteiger partial charge in [0.05, 0.1) is 6.10 Å². The molecule has 3 nitrogen and oxygen atoms in total. The Bertz CT molecular complexity index is 775. The number of nitrogens with one attached hydrogen (secondary N) is 1. The average molecular weight is 382 g/mol. The molecular weight excluding hydrogens is 354 g/mol.